The molecule has 1 atom stereocenters. The molecule has 0 aromatic carbocycles. The summed E-state index contributed by atoms with van der Waals surface area (Å²) in [4.78, 5) is 2.67. The highest BCUT2D eigenvalue weighted by molar-refractivity contribution is 6.18. The van der Waals surface area contributed by atoms with Crippen LogP contribution in [0.15, 0.2) is 0 Å². The van der Waals surface area contributed by atoms with Crippen molar-refractivity contribution in [2.24, 2.45) is 0 Å². The predicted molar refractivity (Wildman–Crippen MR) is 52.7 cm³/mol. The first-order valence-corrected chi connectivity index (χ1v) is 5.77. The van der Waals surface area contributed by atoms with Gasteiger partial charge < -0.3 is 0 Å². The highest BCUT2D eigenvalue weighted by Crippen LogP contribution is 2.30. The lowest BCUT2D eigenvalue weighted by atomic mass is 10.2. The van der Waals surface area contributed by atoms with Crippen molar-refractivity contribution in [2.75, 3.05) is 12.4 Å². The Morgan fingerprint density at radius 2 is 1.83 bits per heavy atom. The summed E-state index contributed by atoms with van der Waals surface area (Å²) in [6.45, 7) is 1.31. The second-order valence-electron chi connectivity index (χ2n) is 4.13. The molecule has 1 aliphatic carbocycles. The Labute approximate surface area is 80.1 Å². The summed E-state index contributed by atoms with van der Waals surface area (Å²) < 4.78 is 0. The Balaban J connectivity index is 1.92. The molecule has 1 nitrogen and oxygen atoms in total. The van der Waals surface area contributed by atoms with E-state index in [0.29, 0.717) is 6.04 Å². The van der Waals surface area contributed by atoms with Crippen LogP contribution in [0.3, 0.4) is 0 Å². The Kier molecular flexibility index (Phi) is 2.92. The van der Waals surface area contributed by atoms with Crippen LogP contribution >= 0.6 is 11.6 Å². The third kappa shape index (κ3) is 1.62. The lowest BCUT2D eigenvalue weighted by molar-refractivity contribution is 0.194. The highest BCUT2D eigenvalue weighted by Gasteiger charge is 2.31. The van der Waals surface area contributed by atoms with E-state index < -0.39 is 0 Å². The van der Waals surface area contributed by atoms with Crippen molar-refractivity contribution in [2.45, 2.75) is 50.6 Å². The second kappa shape index (κ2) is 3.97. The van der Waals surface area contributed by atoms with Crippen LogP contribution in [0.5, 0.6) is 0 Å². The lowest BCUT2D eigenvalue weighted by Crippen LogP contribution is -2.38. The standard InChI is InChI=1S/C10H18ClN/c11-8-10-6-3-7-12(10)9-4-1-2-5-9/h9-10H,1-8H2. The minimum Gasteiger partial charge on any atom is -0.296 e. The van der Waals surface area contributed by atoms with Crippen molar-refractivity contribution in [1.82, 2.24) is 4.90 Å². The van der Waals surface area contributed by atoms with Crippen LogP contribution in [0.1, 0.15) is 38.5 Å². The van der Waals surface area contributed by atoms with E-state index in [1.165, 1.54) is 45.1 Å². The van der Waals surface area contributed by atoms with E-state index in [1.807, 2.05) is 0 Å². The van der Waals surface area contributed by atoms with Gasteiger partial charge in [-0.05, 0) is 32.2 Å². The molecule has 0 aromatic heterocycles. The maximum absolute atomic E-state index is 5.94. The molecule has 0 radical (unpaired) electrons. The van der Waals surface area contributed by atoms with Crippen LogP contribution in [0.2, 0.25) is 0 Å². The fraction of sp³-hybridized carbons (Fsp3) is 1.00. The number of rotatable bonds is 2. The van der Waals surface area contributed by atoms with Gasteiger partial charge in [0.15, 0.2) is 0 Å². The predicted octanol–water partition coefficient (Wildman–Crippen LogP) is 2.63. The van der Waals surface area contributed by atoms with Crippen molar-refractivity contribution >= 4 is 11.6 Å². The van der Waals surface area contributed by atoms with E-state index in [1.54, 1.807) is 0 Å². The molecular weight excluding hydrogens is 170 g/mol. The monoisotopic (exact) mass is 187 g/mol. The summed E-state index contributed by atoms with van der Waals surface area (Å²) >= 11 is 5.94. The zero-order chi connectivity index (χ0) is 8.39. The summed E-state index contributed by atoms with van der Waals surface area (Å²) in [5.41, 5.74) is 0. The summed E-state index contributed by atoms with van der Waals surface area (Å²) in [7, 11) is 0. The zero-order valence-electron chi connectivity index (χ0n) is 7.64. The Hall–Kier alpha value is 0.250. The van der Waals surface area contributed by atoms with Gasteiger partial charge in [-0.15, -0.1) is 11.6 Å². The van der Waals surface area contributed by atoms with Gasteiger partial charge >= 0.3 is 0 Å². The van der Waals surface area contributed by atoms with Crippen LogP contribution in [0.4, 0.5) is 0 Å². The van der Waals surface area contributed by atoms with E-state index >= 15 is 0 Å². The number of nitrogens with zero attached hydrogens (tertiary/aromatic N) is 1. The van der Waals surface area contributed by atoms with Crippen LogP contribution < -0.4 is 0 Å². The molecule has 1 unspecified atom stereocenters. The van der Waals surface area contributed by atoms with Gasteiger partial charge in [0.25, 0.3) is 0 Å². The molecule has 0 N–H and O–H groups in total. The van der Waals surface area contributed by atoms with Gasteiger partial charge in [0.1, 0.15) is 0 Å². The van der Waals surface area contributed by atoms with Crippen LogP contribution in [-0.2, 0) is 0 Å². The highest BCUT2D eigenvalue weighted by atomic mass is 35.5. The first kappa shape index (κ1) is 8.83. The normalized spacial score (nSPS) is 33.2. The van der Waals surface area contributed by atoms with Crippen molar-refractivity contribution in [1.29, 1.82) is 0 Å². The van der Waals surface area contributed by atoms with Crippen molar-refractivity contribution in [3.63, 3.8) is 0 Å². The van der Waals surface area contributed by atoms with E-state index in [0.717, 1.165) is 11.9 Å². The van der Waals surface area contributed by atoms with Crippen molar-refractivity contribution in [3.8, 4) is 0 Å². The minimum atomic E-state index is 0.703. The van der Waals surface area contributed by atoms with Gasteiger partial charge in [-0.25, -0.2) is 0 Å². The molecule has 0 spiro atoms. The van der Waals surface area contributed by atoms with Gasteiger partial charge in [-0.3, -0.25) is 4.90 Å². The Morgan fingerprint density at radius 3 is 2.50 bits per heavy atom. The fourth-order valence-electron chi connectivity index (χ4n) is 2.74. The molecule has 0 bridgehead atoms. The van der Waals surface area contributed by atoms with Gasteiger partial charge in [0.2, 0.25) is 0 Å². The van der Waals surface area contributed by atoms with E-state index in [2.05, 4.69) is 4.90 Å². The number of hydrogen-bond acceptors (Lipinski definition) is 1. The maximum Gasteiger partial charge on any atom is 0.0379 e. The molecular formula is C10H18ClN. The molecule has 70 valence electrons. The number of alkyl halides is 1. The zero-order valence-corrected chi connectivity index (χ0v) is 8.39. The number of halogens is 1. The number of hydrogen-bond donors (Lipinski definition) is 0. The third-order valence-corrected chi connectivity index (χ3v) is 3.75. The van der Waals surface area contributed by atoms with Gasteiger partial charge in [-0.2, -0.15) is 0 Å². The molecule has 2 heteroatoms. The molecule has 2 fully saturated rings. The quantitative estimate of drug-likeness (QED) is 0.601. The summed E-state index contributed by atoms with van der Waals surface area (Å²) in [6, 6.07) is 1.59. The molecule has 0 aromatic rings. The SMILES string of the molecule is ClCC1CCCN1C1CCCC1. The molecule has 1 saturated heterocycles. The third-order valence-electron chi connectivity index (χ3n) is 3.39. The average molecular weight is 188 g/mol. The minimum absolute atomic E-state index is 0.703. The van der Waals surface area contributed by atoms with E-state index in [-0.39, 0.29) is 0 Å². The lowest BCUT2D eigenvalue weighted by Gasteiger charge is -2.28. The fourth-order valence-corrected chi connectivity index (χ4v) is 3.07. The van der Waals surface area contributed by atoms with Crippen molar-refractivity contribution in [3.05, 3.63) is 0 Å². The summed E-state index contributed by atoms with van der Waals surface area (Å²) in [5.74, 6) is 0.844. The number of likely N-dealkylation sites (tertiary alicyclic amines) is 1. The van der Waals surface area contributed by atoms with Gasteiger partial charge in [0, 0.05) is 18.0 Å². The van der Waals surface area contributed by atoms with Crippen molar-refractivity contribution < 1.29 is 0 Å². The molecule has 2 aliphatic rings. The van der Waals surface area contributed by atoms with Crippen LogP contribution in [0, 0.1) is 0 Å². The molecule has 2 rings (SSSR count). The average Bonchev–Trinajstić information content (AvgIpc) is 2.74. The summed E-state index contributed by atoms with van der Waals surface area (Å²) in [5, 5.41) is 0. The summed E-state index contributed by atoms with van der Waals surface area (Å²) in [6.07, 6.45) is 8.43. The van der Waals surface area contributed by atoms with Gasteiger partial charge in [-0.1, -0.05) is 12.8 Å². The van der Waals surface area contributed by atoms with Gasteiger partial charge in [0.05, 0.1) is 0 Å². The first-order chi connectivity index (χ1) is 5.92. The first-order valence-electron chi connectivity index (χ1n) is 5.23. The molecule has 0 amide bonds. The molecule has 1 saturated carbocycles. The van der Waals surface area contributed by atoms with Crippen LogP contribution in [0.25, 0.3) is 0 Å². The van der Waals surface area contributed by atoms with E-state index in [9.17, 15) is 0 Å². The largest absolute Gasteiger partial charge is 0.296 e. The smallest absolute Gasteiger partial charge is 0.0379 e. The van der Waals surface area contributed by atoms with Crippen LogP contribution in [-0.4, -0.2) is 29.4 Å². The Morgan fingerprint density at radius 1 is 1.08 bits per heavy atom. The Bertz CT molecular complexity index is 143. The molecule has 1 aliphatic heterocycles. The molecule has 1 heterocycles. The topological polar surface area (TPSA) is 3.24 Å². The molecule has 12 heavy (non-hydrogen) atoms. The second-order valence-corrected chi connectivity index (χ2v) is 4.44. The van der Waals surface area contributed by atoms with E-state index in [4.69, 9.17) is 11.6 Å². The maximum atomic E-state index is 5.94.